The average Bonchev–Trinajstić information content (AvgIpc) is 2.43. The van der Waals surface area contributed by atoms with Gasteiger partial charge in [-0.3, -0.25) is 0 Å². The summed E-state index contributed by atoms with van der Waals surface area (Å²) in [6.07, 6.45) is 12.8. The van der Waals surface area contributed by atoms with Gasteiger partial charge < -0.3 is 9.84 Å². The molecule has 0 aromatic rings. The number of aliphatic hydroxyl groups is 1. The van der Waals surface area contributed by atoms with Gasteiger partial charge in [0.1, 0.15) is 0 Å². The molecule has 0 radical (unpaired) electrons. The molecular formula is C17H34O2. The maximum absolute atomic E-state index is 10.2. The second-order valence-electron chi connectivity index (χ2n) is 6.20. The van der Waals surface area contributed by atoms with Crippen molar-refractivity contribution in [2.24, 2.45) is 11.8 Å². The third kappa shape index (κ3) is 6.76. The molecule has 1 rings (SSSR count). The van der Waals surface area contributed by atoms with Gasteiger partial charge in [0.05, 0.1) is 12.7 Å². The normalized spacial score (nSPS) is 25.4. The molecule has 0 bridgehead atoms. The quantitative estimate of drug-likeness (QED) is 0.590. The van der Waals surface area contributed by atoms with Crippen LogP contribution in [0.3, 0.4) is 0 Å². The molecule has 0 aromatic carbocycles. The fraction of sp³-hybridized carbons (Fsp3) is 1.00. The van der Waals surface area contributed by atoms with Gasteiger partial charge in [0.25, 0.3) is 0 Å². The van der Waals surface area contributed by atoms with Gasteiger partial charge >= 0.3 is 0 Å². The minimum Gasteiger partial charge on any atom is -0.390 e. The smallest absolute Gasteiger partial charge is 0.0805 e. The van der Waals surface area contributed by atoms with Crippen molar-refractivity contribution < 1.29 is 9.84 Å². The van der Waals surface area contributed by atoms with Crippen molar-refractivity contribution in [1.82, 2.24) is 0 Å². The predicted octanol–water partition coefficient (Wildman–Crippen LogP) is 4.55. The Morgan fingerprint density at radius 1 is 1.00 bits per heavy atom. The van der Waals surface area contributed by atoms with Gasteiger partial charge in [-0.1, -0.05) is 71.6 Å². The lowest BCUT2D eigenvalue weighted by molar-refractivity contribution is -0.0646. The maximum atomic E-state index is 10.2. The van der Waals surface area contributed by atoms with Crippen LogP contribution in [0.5, 0.6) is 0 Å². The number of hydrogen-bond donors (Lipinski definition) is 1. The highest BCUT2D eigenvalue weighted by Gasteiger charge is 2.30. The third-order valence-electron chi connectivity index (χ3n) is 4.59. The van der Waals surface area contributed by atoms with Crippen LogP contribution in [0.25, 0.3) is 0 Å². The van der Waals surface area contributed by atoms with E-state index in [-0.39, 0.29) is 6.10 Å². The molecule has 3 unspecified atom stereocenters. The Bertz CT molecular complexity index is 205. The first-order chi connectivity index (χ1) is 9.29. The molecule has 0 spiro atoms. The molecule has 0 saturated carbocycles. The summed E-state index contributed by atoms with van der Waals surface area (Å²) in [5.41, 5.74) is 0. The summed E-state index contributed by atoms with van der Waals surface area (Å²) >= 11 is 0. The molecule has 2 heteroatoms. The molecule has 1 fully saturated rings. The summed E-state index contributed by atoms with van der Waals surface area (Å²) in [5.74, 6) is 1.21. The zero-order chi connectivity index (χ0) is 13.9. The summed E-state index contributed by atoms with van der Waals surface area (Å²) in [7, 11) is 0. The monoisotopic (exact) mass is 270 g/mol. The number of ether oxygens (including phenoxy) is 1. The van der Waals surface area contributed by atoms with Crippen molar-refractivity contribution in [2.75, 3.05) is 13.2 Å². The van der Waals surface area contributed by atoms with E-state index in [0.717, 1.165) is 18.9 Å². The van der Waals surface area contributed by atoms with Crippen LogP contribution >= 0.6 is 0 Å². The van der Waals surface area contributed by atoms with Gasteiger partial charge in [-0.05, 0) is 18.3 Å². The largest absolute Gasteiger partial charge is 0.390 e. The van der Waals surface area contributed by atoms with Gasteiger partial charge in [0.2, 0.25) is 0 Å². The highest BCUT2D eigenvalue weighted by molar-refractivity contribution is 4.79. The second kappa shape index (κ2) is 10.7. The molecule has 1 aliphatic rings. The maximum Gasteiger partial charge on any atom is 0.0805 e. The molecular weight excluding hydrogens is 236 g/mol. The van der Waals surface area contributed by atoms with Crippen LogP contribution in [0.15, 0.2) is 0 Å². The standard InChI is InChI=1S/C17H34O2/c1-3-5-7-8-9-11-15(10-6-4-2)16-12-13-19-14-17(16)18/h15-18H,3-14H2,1-2H3. The number of unbranched alkanes of at least 4 members (excludes halogenated alkanes) is 5. The highest BCUT2D eigenvalue weighted by Crippen LogP contribution is 2.32. The summed E-state index contributed by atoms with van der Waals surface area (Å²) in [6, 6.07) is 0. The molecule has 2 nitrogen and oxygen atoms in total. The molecule has 1 saturated heterocycles. The van der Waals surface area contributed by atoms with Crippen LogP contribution in [0.1, 0.15) is 78.1 Å². The highest BCUT2D eigenvalue weighted by atomic mass is 16.5. The van der Waals surface area contributed by atoms with Crippen molar-refractivity contribution >= 4 is 0 Å². The Kier molecular flexibility index (Phi) is 9.54. The van der Waals surface area contributed by atoms with Crippen LogP contribution in [0, 0.1) is 11.8 Å². The predicted molar refractivity (Wildman–Crippen MR) is 81.3 cm³/mol. The van der Waals surface area contributed by atoms with E-state index < -0.39 is 0 Å². The Labute approximate surface area is 119 Å². The van der Waals surface area contributed by atoms with Crippen LogP contribution < -0.4 is 0 Å². The van der Waals surface area contributed by atoms with E-state index in [0.29, 0.717) is 12.5 Å². The summed E-state index contributed by atoms with van der Waals surface area (Å²) < 4.78 is 5.37. The molecule has 0 aliphatic carbocycles. The Balaban J connectivity index is 2.32. The fourth-order valence-corrected chi connectivity index (χ4v) is 3.34. The zero-order valence-corrected chi connectivity index (χ0v) is 13.1. The summed E-state index contributed by atoms with van der Waals surface area (Å²) in [5, 5.41) is 10.2. The zero-order valence-electron chi connectivity index (χ0n) is 13.1. The minimum atomic E-state index is -0.216. The third-order valence-corrected chi connectivity index (χ3v) is 4.59. The topological polar surface area (TPSA) is 29.5 Å². The Hall–Kier alpha value is -0.0800. The van der Waals surface area contributed by atoms with Crippen molar-refractivity contribution in [2.45, 2.75) is 84.2 Å². The van der Waals surface area contributed by atoms with E-state index in [9.17, 15) is 5.11 Å². The lowest BCUT2D eigenvalue weighted by Crippen LogP contribution is -2.37. The SMILES string of the molecule is CCCCCCCC(CCCC)C1CCOCC1O. The van der Waals surface area contributed by atoms with E-state index in [1.165, 1.54) is 57.8 Å². The van der Waals surface area contributed by atoms with E-state index in [2.05, 4.69) is 13.8 Å². The fourth-order valence-electron chi connectivity index (χ4n) is 3.34. The van der Waals surface area contributed by atoms with Crippen LogP contribution in [0.2, 0.25) is 0 Å². The summed E-state index contributed by atoms with van der Waals surface area (Å²) in [6.45, 7) is 5.93. The van der Waals surface area contributed by atoms with Gasteiger partial charge in [-0.2, -0.15) is 0 Å². The van der Waals surface area contributed by atoms with Gasteiger partial charge in [0.15, 0.2) is 0 Å². The van der Waals surface area contributed by atoms with Crippen molar-refractivity contribution in [3.05, 3.63) is 0 Å². The number of rotatable bonds is 10. The first kappa shape index (κ1) is 17.0. The Morgan fingerprint density at radius 3 is 2.37 bits per heavy atom. The molecule has 1 heterocycles. The van der Waals surface area contributed by atoms with Gasteiger partial charge in [-0.15, -0.1) is 0 Å². The lowest BCUT2D eigenvalue weighted by atomic mass is 9.78. The van der Waals surface area contributed by atoms with E-state index in [4.69, 9.17) is 4.74 Å². The lowest BCUT2D eigenvalue weighted by Gasteiger charge is -2.34. The molecule has 0 aromatic heterocycles. The van der Waals surface area contributed by atoms with E-state index >= 15 is 0 Å². The second-order valence-corrected chi connectivity index (χ2v) is 6.20. The van der Waals surface area contributed by atoms with Crippen molar-refractivity contribution in [1.29, 1.82) is 0 Å². The average molecular weight is 270 g/mol. The van der Waals surface area contributed by atoms with Crippen molar-refractivity contribution in [3.63, 3.8) is 0 Å². The van der Waals surface area contributed by atoms with E-state index in [1.54, 1.807) is 0 Å². The molecule has 3 atom stereocenters. The van der Waals surface area contributed by atoms with E-state index in [1.807, 2.05) is 0 Å². The first-order valence-corrected chi connectivity index (χ1v) is 8.55. The van der Waals surface area contributed by atoms with Crippen molar-refractivity contribution in [3.8, 4) is 0 Å². The van der Waals surface area contributed by atoms with Crippen LogP contribution in [-0.4, -0.2) is 24.4 Å². The van der Waals surface area contributed by atoms with Gasteiger partial charge in [0, 0.05) is 6.61 Å². The number of hydrogen-bond acceptors (Lipinski definition) is 2. The first-order valence-electron chi connectivity index (χ1n) is 8.55. The van der Waals surface area contributed by atoms with Crippen LogP contribution in [-0.2, 0) is 4.74 Å². The molecule has 1 aliphatic heterocycles. The minimum absolute atomic E-state index is 0.216. The van der Waals surface area contributed by atoms with Crippen LogP contribution in [0.4, 0.5) is 0 Å². The molecule has 0 amide bonds. The molecule has 114 valence electrons. The number of aliphatic hydroxyl groups excluding tert-OH is 1. The Morgan fingerprint density at radius 2 is 1.68 bits per heavy atom. The van der Waals surface area contributed by atoms with Gasteiger partial charge in [-0.25, -0.2) is 0 Å². The summed E-state index contributed by atoms with van der Waals surface area (Å²) in [4.78, 5) is 0. The molecule has 1 N–H and O–H groups in total. The molecule has 19 heavy (non-hydrogen) atoms.